The van der Waals surface area contributed by atoms with E-state index in [1.807, 2.05) is 33.7 Å². The van der Waals surface area contributed by atoms with Crippen LogP contribution in [0.2, 0.25) is 0 Å². The molecule has 0 spiro atoms. The molecule has 0 saturated carbocycles. The monoisotopic (exact) mass is 287 g/mol. The summed E-state index contributed by atoms with van der Waals surface area (Å²) in [5, 5.41) is 8.97. The molecule has 1 aromatic carbocycles. The van der Waals surface area contributed by atoms with Gasteiger partial charge in [-0.05, 0) is 30.9 Å². The molecule has 0 aliphatic carbocycles. The number of para-hydroxylation sites is 2. The Labute approximate surface area is 124 Å². The van der Waals surface area contributed by atoms with Crippen molar-refractivity contribution in [1.29, 1.82) is 0 Å². The normalized spacial score (nSPS) is 18.5. The summed E-state index contributed by atoms with van der Waals surface area (Å²) in [6.07, 6.45) is 4.12. The van der Waals surface area contributed by atoms with Crippen molar-refractivity contribution in [3.63, 3.8) is 0 Å². The number of fused-ring (bicyclic) bond motifs is 1. The summed E-state index contributed by atoms with van der Waals surface area (Å²) in [6.45, 7) is 2.51. The van der Waals surface area contributed by atoms with Gasteiger partial charge in [0.05, 0.1) is 17.4 Å². The van der Waals surface area contributed by atoms with Gasteiger partial charge in [0, 0.05) is 32.7 Å². The van der Waals surface area contributed by atoms with E-state index < -0.39 is 0 Å². The molecule has 5 nitrogen and oxygen atoms in total. The van der Waals surface area contributed by atoms with Crippen LogP contribution in [0.25, 0.3) is 11.0 Å². The molecular weight excluding hydrogens is 266 g/mol. The van der Waals surface area contributed by atoms with E-state index in [9.17, 15) is 4.79 Å². The first-order chi connectivity index (χ1) is 10.3. The zero-order valence-electron chi connectivity index (χ0n) is 12.1. The molecule has 2 aromatic rings. The second kappa shape index (κ2) is 6.26. The molecule has 3 rings (SSSR count). The van der Waals surface area contributed by atoms with Gasteiger partial charge in [-0.15, -0.1) is 0 Å². The first-order valence-corrected chi connectivity index (χ1v) is 7.56. The van der Waals surface area contributed by atoms with Gasteiger partial charge in [0.15, 0.2) is 0 Å². The third-order valence-electron chi connectivity index (χ3n) is 4.27. The average Bonchev–Trinajstić information content (AvgIpc) is 3.12. The molecule has 0 bridgehead atoms. The molecule has 1 aliphatic heterocycles. The number of imidazole rings is 1. The van der Waals surface area contributed by atoms with E-state index in [2.05, 4.69) is 4.98 Å². The molecular formula is C16H21N3O2. The standard InChI is InChI=1S/C16H21N3O2/c20-10-7-13-5-8-18(11-13)16(21)6-9-19-12-17-14-3-1-2-4-15(14)19/h1-4,12-13,20H,5-11H2. The Morgan fingerprint density at radius 3 is 3.10 bits per heavy atom. The van der Waals surface area contributed by atoms with Gasteiger partial charge in [0.2, 0.25) is 5.91 Å². The topological polar surface area (TPSA) is 58.4 Å². The van der Waals surface area contributed by atoms with Gasteiger partial charge >= 0.3 is 0 Å². The van der Waals surface area contributed by atoms with E-state index in [0.29, 0.717) is 18.9 Å². The summed E-state index contributed by atoms with van der Waals surface area (Å²) >= 11 is 0. The predicted molar refractivity (Wildman–Crippen MR) is 80.7 cm³/mol. The lowest BCUT2D eigenvalue weighted by Gasteiger charge is -2.16. The van der Waals surface area contributed by atoms with E-state index in [-0.39, 0.29) is 12.5 Å². The fourth-order valence-electron chi connectivity index (χ4n) is 3.04. The number of carbonyl (C=O) groups is 1. The predicted octanol–water partition coefficient (Wildman–Crippen LogP) is 1.66. The maximum atomic E-state index is 12.3. The minimum atomic E-state index is 0.202. The van der Waals surface area contributed by atoms with Crippen LogP contribution in [0.1, 0.15) is 19.3 Å². The second-order valence-corrected chi connectivity index (χ2v) is 5.68. The number of amides is 1. The SMILES string of the molecule is O=C(CCn1cnc2ccccc21)N1CCC(CCO)C1. The van der Waals surface area contributed by atoms with Gasteiger partial charge in [0.25, 0.3) is 0 Å². The molecule has 1 amide bonds. The summed E-state index contributed by atoms with van der Waals surface area (Å²) in [6, 6.07) is 7.96. The van der Waals surface area contributed by atoms with Crippen LogP contribution >= 0.6 is 0 Å². The van der Waals surface area contributed by atoms with Gasteiger partial charge in [-0.2, -0.15) is 0 Å². The van der Waals surface area contributed by atoms with Gasteiger partial charge in [-0.1, -0.05) is 12.1 Å². The second-order valence-electron chi connectivity index (χ2n) is 5.68. The molecule has 5 heteroatoms. The van der Waals surface area contributed by atoms with Gasteiger partial charge < -0.3 is 14.6 Å². The number of hydrogen-bond donors (Lipinski definition) is 1. The van der Waals surface area contributed by atoms with Crippen LogP contribution < -0.4 is 0 Å². The van der Waals surface area contributed by atoms with Crippen LogP contribution in [0.3, 0.4) is 0 Å². The quantitative estimate of drug-likeness (QED) is 0.910. The van der Waals surface area contributed by atoms with E-state index >= 15 is 0 Å². The number of aliphatic hydroxyl groups excluding tert-OH is 1. The molecule has 1 unspecified atom stereocenters. The summed E-state index contributed by atoms with van der Waals surface area (Å²) in [7, 11) is 0. The van der Waals surface area contributed by atoms with Crippen LogP contribution in [-0.4, -0.2) is 45.2 Å². The van der Waals surface area contributed by atoms with E-state index in [1.54, 1.807) is 6.33 Å². The van der Waals surface area contributed by atoms with Crippen LogP contribution in [0, 0.1) is 5.92 Å². The number of aromatic nitrogens is 2. The number of rotatable bonds is 5. The Balaban J connectivity index is 1.57. The third-order valence-corrected chi connectivity index (χ3v) is 4.27. The van der Waals surface area contributed by atoms with Crippen molar-refractivity contribution in [3.05, 3.63) is 30.6 Å². The molecule has 1 atom stereocenters. The summed E-state index contributed by atoms with van der Waals surface area (Å²) in [5.74, 6) is 0.668. The zero-order valence-corrected chi connectivity index (χ0v) is 12.1. The highest BCUT2D eigenvalue weighted by Gasteiger charge is 2.25. The zero-order chi connectivity index (χ0) is 14.7. The Kier molecular flexibility index (Phi) is 4.20. The molecule has 1 aliphatic rings. The van der Waals surface area contributed by atoms with Gasteiger partial charge in [-0.25, -0.2) is 4.98 Å². The molecule has 112 valence electrons. The van der Waals surface area contributed by atoms with Crippen molar-refractivity contribution in [2.75, 3.05) is 19.7 Å². The summed E-state index contributed by atoms with van der Waals surface area (Å²) in [4.78, 5) is 18.5. The Morgan fingerprint density at radius 2 is 2.24 bits per heavy atom. The maximum Gasteiger partial charge on any atom is 0.224 e. The Hall–Kier alpha value is -1.88. The molecule has 1 aromatic heterocycles. The van der Waals surface area contributed by atoms with Crippen molar-refractivity contribution >= 4 is 16.9 Å². The van der Waals surface area contributed by atoms with Gasteiger partial charge in [0.1, 0.15) is 0 Å². The van der Waals surface area contributed by atoms with Crippen LogP contribution in [0.5, 0.6) is 0 Å². The van der Waals surface area contributed by atoms with Crippen molar-refractivity contribution in [2.24, 2.45) is 5.92 Å². The lowest BCUT2D eigenvalue weighted by molar-refractivity contribution is -0.130. The minimum absolute atomic E-state index is 0.202. The molecule has 0 radical (unpaired) electrons. The largest absolute Gasteiger partial charge is 0.396 e. The molecule has 1 saturated heterocycles. The number of hydrogen-bond acceptors (Lipinski definition) is 3. The minimum Gasteiger partial charge on any atom is -0.396 e. The highest BCUT2D eigenvalue weighted by molar-refractivity contribution is 5.77. The lowest BCUT2D eigenvalue weighted by atomic mass is 10.1. The lowest BCUT2D eigenvalue weighted by Crippen LogP contribution is -2.29. The Morgan fingerprint density at radius 1 is 1.38 bits per heavy atom. The number of carbonyl (C=O) groups excluding carboxylic acids is 1. The van der Waals surface area contributed by atoms with E-state index in [0.717, 1.165) is 37.0 Å². The van der Waals surface area contributed by atoms with Crippen LogP contribution in [0.15, 0.2) is 30.6 Å². The first kappa shape index (κ1) is 14.1. The molecule has 2 heterocycles. The highest BCUT2D eigenvalue weighted by atomic mass is 16.3. The molecule has 1 fully saturated rings. The van der Waals surface area contributed by atoms with Crippen molar-refractivity contribution in [2.45, 2.75) is 25.8 Å². The molecule has 21 heavy (non-hydrogen) atoms. The van der Waals surface area contributed by atoms with E-state index in [1.165, 1.54) is 0 Å². The van der Waals surface area contributed by atoms with Gasteiger partial charge in [-0.3, -0.25) is 4.79 Å². The average molecular weight is 287 g/mol. The third kappa shape index (κ3) is 3.08. The summed E-state index contributed by atoms with van der Waals surface area (Å²) < 4.78 is 2.04. The number of aryl methyl sites for hydroxylation is 1. The fraction of sp³-hybridized carbons (Fsp3) is 0.500. The number of likely N-dealkylation sites (tertiary alicyclic amines) is 1. The summed E-state index contributed by atoms with van der Waals surface area (Å²) in [5.41, 5.74) is 2.04. The fourth-order valence-corrected chi connectivity index (χ4v) is 3.04. The smallest absolute Gasteiger partial charge is 0.224 e. The number of benzene rings is 1. The van der Waals surface area contributed by atoms with Crippen LogP contribution in [0.4, 0.5) is 0 Å². The van der Waals surface area contributed by atoms with E-state index in [4.69, 9.17) is 5.11 Å². The van der Waals surface area contributed by atoms with Crippen molar-refractivity contribution < 1.29 is 9.90 Å². The number of aliphatic hydroxyl groups is 1. The highest BCUT2D eigenvalue weighted by Crippen LogP contribution is 2.20. The molecule has 1 N–H and O–H groups in total. The van der Waals surface area contributed by atoms with Crippen LogP contribution in [-0.2, 0) is 11.3 Å². The number of nitrogens with zero attached hydrogens (tertiary/aromatic N) is 3. The van der Waals surface area contributed by atoms with Crippen molar-refractivity contribution in [3.8, 4) is 0 Å². The van der Waals surface area contributed by atoms with Crippen molar-refractivity contribution in [1.82, 2.24) is 14.5 Å². The first-order valence-electron chi connectivity index (χ1n) is 7.56. The maximum absolute atomic E-state index is 12.3. The Bertz CT molecular complexity index is 623.